The molecule has 1 atom stereocenters. The number of piperidine rings is 1. The molecule has 6 heteroatoms. The summed E-state index contributed by atoms with van der Waals surface area (Å²) in [4.78, 5) is 14.8. The SMILES string of the molecule is CC(C)(C)c1ccc(-n2ncc3c2CCCC3NC(=O)CN2CCC(O)CC2)cc1. The number of likely N-dealkylation sites (tertiary alicyclic amines) is 1. The zero-order valence-corrected chi connectivity index (χ0v) is 18.4. The monoisotopic (exact) mass is 410 g/mol. The molecule has 0 bridgehead atoms. The Balaban J connectivity index is 1.45. The van der Waals surface area contributed by atoms with Gasteiger partial charge < -0.3 is 10.4 Å². The van der Waals surface area contributed by atoms with Crippen LogP contribution in [-0.4, -0.2) is 51.4 Å². The van der Waals surface area contributed by atoms with Gasteiger partial charge in [-0.2, -0.15) is 5.10 Å². The summed E-state index contributed by atoms with van der Waals surface area (Å²) in [6, 6.07) is 8.67. The summed E-state index contributed by atoms with van der Waals surface area (Å²) in [5.74, 6) is 0.0616. The van der Waals surface area contributed by atoms with E-state index in [2.05, 4.69) is 60.4 Å². The van der Waals surface area contributed by atoms with Crippen molar-refractivity contribution in [3.63, 3.8) is 0 Å². The minimum atomic E-state index is -0.214. The van der Waals surface area contributed by atoms with Gasteiger partial charge in [-0.1, -0.05) is 32.9 Å². The minimum absolute atomic E-state index is 0.0271. The average Bonchev–Trinajstić information content (AvgIpc) is 3.14. The molecule has 0 radical (unpaired) electrons. The normalized spacial score (nSPS) is 20.7. The van der Waals surface area contributed by atoms with E-state index >= 15 is 0 Å². The third-order valence-electron chi connectivity index (χ3n) is 6.42. The van der Waals surface area contributed by atoms with Crippen LogP contribution in [0.4, 0.5) is 0 Å². The summed E-state index contributed by atoms with van der Waals surface area (Å²) in [5.41, 5.74) is 4.86. The van der Waals surface area contributed by atoms with Crippen LogP contribution < -0.4 is 5.32 Å². The number of aliphatic hydroxyl groups is 1. The second-order valence-electron chi connectivity index (χ2n) is 9.77. The number of carbonyl (C=O) groups is 1. The van der Waals surface area contributed by atoms with E-state index in [4.69, 9.17) is 0 Å². The molecule has 0 saturated carbocycles. The standard InChI is InChI=1S/C24H34N4O2/c1-24(2,3)17-7-9-18(10-8-17)28-22-6-4-5-21(20(22)15-25-28)26-23(30)16-27-13-11-19(29)12-14-27/h7-10,15,19,21,29H,4-6,11-14,16H2,1-3H3,(H,26,30). The number of fused-ring (bicyclic) bond motifs is 1. The Morgan fingerprint density at radius 3 is 2.53 bits per heavy atom. The number of benzene rings is 1. The lowest BCUT2D eigenvalue weighted by Crippen LogP contribution is -2.43. The number of amides is 1. The molecule has 2 aliphatic rings. The van der Waals surface area contributed by atoms with Crippen molar-refractivity contribution in [3.05, 3.63) is 47.3 Å². The summed E-state index contributed by atoms with van der Waals surface area (Å²) >= 11 is 0. The van der Waals surface area contributed by atoms with E-state index in [0.29, 0.717) is 6.54 Å². The van der Waals surface area contributed by atoms with Gasteiger partial charge in [-0.25, -0.2) is 4.68 Å². The summed E-state index contributed by atoms with van der Waals surface area (Å²) in [6.07, 6.45) is 6.18. The Morgan fingerprint density at radius 2 is 1.87 bits per heavy atom. The van der Waals surface area contributed by atoms with Gasteiger partial charge in [0.2, 0.25) is 5.91 Å². The van der Waals surface area contributed by atoms with Crippen molar-refractivity contribution in [2.24, 2.45) is 0 Å². The van der Waals surface area contributed by atoms with Crippen molar-refractivity contribution in [1.82, 2.24) is 20.0 Å². The lowest BCUT2D eigenvalue weighted by Gasteiger charge is -2.30. The van der Waals surface area contributed by atoms with E-state index in [1.165, 1.54) is 11.3 Å². The molecule has 4 rings (SSSR count). The first-order chi connectivity index (χ1) is 14.3. The molecular weight excluding hydrogens is 376 g/mol. The highest BCUT2D eigenvalue weighted by Gasteiger charge is 2.27. The maximum absolute atomic E-state index is 12.6. The molecule has 1 saturated heterocycles. The van der Waals surface area contributed by atoms with E-state index in [1.54, 1.807) is 0 Å². The van der Waals surface area contributed by atoms with Crippen molar-refractivity contribution in [2.45, 2.75) is 70.4 Å². The molecule has 162 valence electrons. The highest BCUT2D eigenvalue weighted by Crippen LogP contribution is 2.31. The highest BCUT2D eigenvalue weighted by molar-refractivity contribution is 5.78. The van der Waals surface area contributed by atoms with Gasteiger partial charge in [0.05, 0.1) is 30.6 Å². The van der Waals surface area contributed by atoms with Gasteiger partial charge in [0.25, 0.3) is 0 Å². The molecule has 1 aliphatic heterocycles. The predicted molar refractivity (Wildman–Crippen MR) is 118 cm³/mol. The fourth-order valence-corrected chi connectivity index (χ4v) is 4.55. The van der Waals surface area contributed by atoms with Crippen LogP contribution in [0.2, 0.25) is 0 Å². The number of nitrogens with zero attached hydrogens (tertiary/aromatic N) is 3. The van der Waals surface area contributed by atoms with Gasteiger partial charge in [0.1, 0.15) is 0 Å². The lowest BCUT2D eigenvalue weighted by atomic mass is 9.87. The molecule has 2 heterocycles. The molecule has 1 amide bonds. The third-order valence-corrected chi connectivity index (χ3v) is 6.42. The summed E-state index contributed by atoms with van der Waals surface area (Å²) < 4.78 is 2.03. The number of hydrogen-bond donors (Lipinski definition) is 2. The fourth-order valence-electron chi connectivity index (χ4n) is 4.55. The largest absolute Gasteiger partial charge is 0.393 e. The van der Waals surface area contributed by atoms with Crippen LogP contribution in [-0.2, 0) is 16.6 Å². The molecule has 1 unspecified atom stereocenters. The van der Waals surface area contributed by atoms with Crippen LogP contribution in [0.15, 0.2) is 30.5 Å². The van der Waals surface area contributed by atoms with Crippen LogP contribution in [0.25, 0.3) is 5.69 Å². The second kappa shape index (κ2) is 8.52. The predicted octanol–water partition coefficient (Wildman–Crippen LogP) is 3.12. The van der Waals surface area contributed by atoms with Crippen molar-refractivity contribution in [3.8, 4) is 5.69 Å². The zero-order valence-electron chi connectivity index (χ0n) is 18.4. The van der Waals surface area contributed by atoms with Crippen molar-refractivity contribution >= 4 is 5.91 Å². The summed E-state index contributed by atoms with van der Waals surface area (Å²) in [6.45, 7) is 8.63. The van der Waals surface area contributed by atoms with Crippen LogP contribution >= 0.6 is 0 Å². The van der Waals surface area contributed by atoms with Gasteiger partial charge in [0, 0.05) is 24.3 Å². The molecule has 1 aromatic heterocycles. The molecule has 1 aliphatic carbocycles. The Bertz CT molecular complexity index is 874. The number of hydrogen-bond acceptors (Lipinski definition) is 4. The Hall–Kier alpha value is -2.18. The highest BCUT2D eigenvalue weighted by atomic mass is 16.3. The maximum atomic E-state index is 12.6. The Labute approximate surface area is 179 Å². The van der Waals surface area contributed by atoms with E-state index < -0.39 is 0 Å². The average molecular weight is 411 g/mol. The minimum Gasteiger partial charge on any atom is -0.393 e. The quantitative estimate of drug-likeness (QED) is 0.813. The lowest BCUT2D eigenvalue weighted by molar-refractivity contribution is -0.123. The zero-order chi connectivity index (χ0) is 21.3. The molecular formula is C24H34N4O2. The number of aliphatic hydroxyl groups excluding tert-OH is 1. The number of rotatable bonds is 4. The molecule has 1 fully saturated rings. The van der Waals surface area contributed by atoms with Crippen molar-refractivity contribution < 1.29 is 9.90 Å². The van der Waals surface area contributed by atoms with Crippen molar-refractivity contribution in [1.29, 1.82) is 0 Å². The van der Waals surface area contributed by atoms with Crippen LogP contribution in [0.1, 0.15) is 69.3 Å². The fraction of sp³-hybridized carbons (Fsp3) is 0.583. The molecule has 6 nitrogen and oxygen atoms in total. The molecule has 1 aromatic carbocycles. The van der Waals surface area contributed by atoms with E-state index in [-0.39, 0.29) is 23.5 Å². The third kappa shape index (κ3) is 4.60. The first-order valence-corrected chi connectivity index (χ1v) is 11.2. The van der Waals surface area contributed by atoms with Gasteiger partial charge >= 0.3 is 0 Å². The first kappa shape index (κ1) is 21.1. The maximum Gasteiger partial charge on any atom is 0.234 e. The van der Waals surface area contributed by atoms with Gasteiger partial charge in [-0.3, -0.25) is 9.69 Å². The van der Waals surface area contributed by atoms with Gasteiger partial charge in [0.15, 0.2) is 0 Å². The van der Waals surface area contributed by atoms with E-state index in [1.807, 2.05) is 10.9 Å². The van der Waals surface area contributed by atoms with Crippen LogP contribution in [0.3, 0.4) is 0 Å². The van der Waals surface area contributed by atoms with Gasteiger partial charge in [-0.15, -0.1) is 0 Å². The Morgan fingerprint density at radius 1 is 1.17 bits per heavy atom. The molecule has 30 heavy (non-hydrogen) atoms. The first-order valence-electron chi connectivity index (χ1n) is 11.2. The smallest absolute Gasteiger partial charge is 0.234 e. The number of carbonyl (C=O) groups excluding carboxylic acids is 1. The molecule has 2 N–H and O–H groups in total. The molecule has 0 spiro atoms. The van der Waals surface area contributed by atoms with E-state index in [9.17, 15) is 9.90 Å². The molecule has 2 aromatic rings. The van der Waals surface area contributed by atoms with Crippen LogP contribution in [0, 0.1) is 0 Å². The van der Waals surface area contributed by atoms with Gasteiger partial charge in [-0.05, 0) is 55.2 Å². The number of aromatic nitrogens is 2. The summed E-state index contributed by atoms with van der Waals surface area (Å²) in [7, 11) is 0. The number of nitrogens with one attached hydrogen (secondary N) is 1. The second-order valence-corrected chi connectivity index (χ2v) is 9.77. The topological polar surface area (TPSA) is 70.4 Å². The summed E-state index contributed by atoms with van der Waals surface area (Å²) in [5, 5.41) is 17.5. The van der Waals surface area contributed by atoms with E-state index in [0.717, 1.165) is 56.4 Å². The van der Waals surface area contributed by atoms with Crippen molar-refractivity contribution in [2.75, 3.05) is 19.6 Å². The Kier molecular flexibility index (Phi) is 5.98. The van der Waals surface area contributed by atoms with Crippen LogP contribution in [0.5, 0.6) is 0 Å².